The van der Waals surface area contributed by atoms with Crippen molar-refractivity contribution in [3.63, 3.8) is 0 Å². The highest BCUT2D eigenvalue weighted by molar-refractivity contribution is 5.96. The lowest BCUT2D eigenvalue weighted by Gasteiger charge is -2.08. The topological polar surface area (TPSA) is 96.3 Å². The summed E-state index contributed by atoms with van der Waals surface area (Å²) in [4.78, 5) is 15.0. The van der Waals surface area contributed by atoms with Gasteiger partial charge >= 0.3 is 5.91 Å². The summed E-state index contributed by atoms with van der Waals surface area (Å²) in [6, 6.07) is 20.8. The molecule has 0 bridgehead atoms. The van der Waals surface area contributed by atoms with Gasteiger partial charge in [-0.15, -0.1) is 10.2 Å². The van der Waals surface area contributed by atoms with E-state index < -0.39 is 5.91 Å². The molecule has 0 saturated carbocycles. The average molecular weight is 429 g/mol. The largest absolute Gasteiger partial charge is 0.493 e. The maximum Gasteiger partial charge on any atom is 0.302 e. The van der Waals surface area contributed by atoms with Crippen LogP contribution in [0.5, 0.6) is 17.4 Å². The zero-order chi connectivity index (χ0) is 22.5. The summed E-state index contributed by atoms with van der Waals surface area (Å²) in [5, 5.41) is 18.5. The molecule has 0 atom stereocenters. The summed E-state index contributed by atoms with van der Waals surface area (Å²) in [7, 11) is 0. The summed E-state index contributed by atoms with van der Waals surface area (Å²) in [6.45, 7) is 4.09. The summed E-state index contributed by atoms with van der Waals surface area (Å²) in [6.07, 6.45) is 0. The second-order valence-corrected chi connectivity index (χ2v) is 7.45. The lowest BCUT2D eigenvalue weighted by atomic mass is 10.1. The number of aromatic amines is 1. The predicted octanol–water partition coefficient (Wildman–Crippen LogP) is 5.76. The van der Waals surface area contributed by atoms with E-state index in [1.807, 2.05) is 56.3 Å². The van der Waals surface area contributed by atoms with E-state index in [1.165, 1.54) is 0 Å². The highest BCUT2D eigenvalue weighted by atomic mass is 16.5. The molecule has 7 heteroatoms. The fourth-order valence-corrected chi connectivity index (χ4v) is 3.38. The van der Waals surface area contributed by atoms with Gasteiger partial charge < -0.3 is 19.6 Å². The quantitative estimate of drug-likeness (QED) is 0.365. The number of carbonyl (C=O) groups is 1. The molecule has 0 aliphatic heterocycles. The molecule has 0 aliphatic rings. The van der Waals surface area contributed by atoms with Crippen LogP contribution < -0.4 is 9.47 Å². The van der Waals surface area contributed by atoms with E-state index in [0.717, 1.165) is 22.2 Å². The second-order valence-electron chi connectivity index (χ2n) is 7.45. The monoisotopic (exact) mass is 429 g/mol. The number of amides is 1. The number of aromatic hydroxyl groups is 1. The number of hydrogen-bond donors (Lipinski definition) is 2. The van der Waals surface area contributed by atoms with Crippen LogP contribution in [0.1, 0.15) is 16.7 Å². The fraction of sp³-hybridized carbons (Fsp3) is 0.160. The first kappa shape index (κ1) is 21.1. The maximum absolute atomic E-state index is 12.1. The number of fused-ring (bicyclic) bond motifs is 1. The third-order valence-corrected chi connectivity index (χ3v) is 4.90. The zero-order valence-corrected chi connectivity index (χ0v) is 17.8. The average Bonchev–Trinajstić information content (AvgIpc) is 3.11. The number of rotatable bonds is 7. The molecule has 0 fully saturated rings. The Morgan fingerprint density at radius 3 is 2.38 bits per heavy atom. The van der Waals surface area contributed by atoms with Crippen molar-refractivity contribution in [1.29, 1.82) is 0 Å². The Balaban J connectivity index is 1.34. The van der Waals surface area contributed by atoms with E-state index in [9.17, 15) is 9.90 Å². The van der Waals surface area contributed by atoms with Crippen LogP contribution in [-0.4, -0.2) is 22.6 Å². The van der Waals surface area contributed by atoms with Crippen LogP contribution in [0.4, 0.5) is 5.69 Å². The van der Waals surface area contributed by atoms with Crippen molar-refractivity contribution in [3.8, 4) is 17.4 Å². The molecule has 4 aromatic rings. The Morgan fingerprint density at radius 1 is 0.969 bits per heavy atom. The highest BCUT2D eigenvalue weighted by Gasteiger charge is 2.13. The van der Waals surface area contributed by atoms with E-state index in [1.54, 1.807) is 24.3 Å². The number of hydrogen-bond acceptors (Lipinski definition) is 5. The van der Waals surface area contributed by atoms with E-state index >= 15 is 0 Å². The number of aryl methyl sites for hydroxylation is 2. The number of azo groups is 1. The van der Waals surface area contributed by atoms with Gasteiger partial charge in [0.25, 0.3) is 0 Å². The van der Waals surface area contributed by atoms with Gasteiger partial charge in [-0.1, -0.05) is 42.0 Å². The molecule has 1 amide bonds. The first-order valence-electron chi connectivity index (χ1n) is 10.2. The number of nitrogens with one attached hydrogen (secondary N) is 1. The molecule has 32 heavy (non-hydrogen) atoms. The molecule has 0 spiro atoms. The Labute approximate surface area is 185 Å². The molecule has 7 nitrogen and oxygen atoms in total. The molecular weight excluding hydrogens is 406 g/mol. The number of aromatic nitrogens is 1. The molecule has 162 valence electrons. The SMILES string of the molecule is Cc1cc(C)c2[nH]c(O)c(N=NC(=O)COc3ccc(OCc4ccccc4)cc3)c2c1. The maximum atomic E-state index is 12.1. The summed E-state index contributed by atoms with van der Waals surface area (Å²) in [5.41, 5.74) is 4.08. The molecule has 1 heterocycles. The number of benzene rings is 3. The molecule has 1 aromatic heterocycles. The number of H-pyrrole nitrogens is 1. The molecular formula is C25H23N3O4. The number of nitrogens with zero attached hydrogens (tertiary/aromatic N) is 2. The van der Waals surface area contributed by atoms with Crippen molar-refractivity contribution >= 4 is 22.5 Å². The van der Waals surface area contributed by atoms with Crippen molar-refractivity contribution in [2.24, 2.45) is 10.2 Å². The second kappa shape index (κ2) is 9.34. The van der Waals surface area contributed by atoms with Crippen LogP contribution in [0.3, 0.4) is 0 Å². The highest BCUT2D eigenvalue weighted by Crippen LogP contribution is 2.37. The van der Waals surface area contributed by atoms with Gasteiger partial charge in [-0.05, 0) is 55.3 Å². The van der Waals surface area contributed by atoms with Crippen molar-refractivity contribution in [1.82, 2.24) is 4.98 Å². The van der Waals surface area contributed by atoms with Crippen LogP contribution in [0, 0.1) is 13.8 Å². The van der Waals surface area contributed by atoms with Crippen LogP contribution in [0.2, 0.25) is 0 Å². The van der Waals surface area contributed by atoms with Crippen LogP contribution in [0.25, 0.3) is 10.9 Å². The van der Waals surface area contributed by atoms with Crippen molar-refractivity contribution in [2.75, 3.05) is 6.61 Å². The smallest absolute Gasteiger partial charge is 0.302 e. The van der Waals surface area contributed by atoms with Crippen molar-refractivity contribution in [3.05, 3.63) is 83.4 Å². The van der Waals surface area contributed by atoms with Gasteiger partial charge in [0.2, 0.25) is 5.88 Å². The number of ether oxygens (including phenoxy) is 2. The Kier molecular flexibility index (Phi) is 6.17. The molecule has 0 radical (unpaired) electrons. The van der Waals surface area contributed by atoms with Gasteiger partial charge in [-0.25, -0.2) is 0 Å². The Bertz CT molecular complexity index is 1260. The minimum atomic E-state index is -0.562. The van der Waals surface area contributed by atoms with Crippen LogP contribution >= 0.6 is 0 Å². The number of carbonyl (C=O) groups excluding carboxylic acids is 1. The minimum absolute atomic E-state index is 0.128. The molecule has 0 unspecified atom stereocenters. The van der Waals surface area contributed by atoms with E-state index in [4.69, 9.17) is 9.47 Å². The van der Waals surface area contributed by atoms with Crippen molar-refractivity contribution < 1.29 is 19.4 Å². The van der Waals surface area contributed by atoms with E-state index in [2.05, 4.69) is 15.2 Å². The summed E-state index contributed by atoms with van der Waals surface area (Å²) in [5.74, 6) is 0.527. The third kappa shape index (κ3) is 4.95. The Morgan fingerprint density at radius 2 is 1.66 bits per heavy atom. The summed E-state index contributed by atoms with van der Waals surface area (Å²) >= 11 is 0. The van der Waals surface area contributed by atoms with Crippen LogP contribution in [-0.2, 0) is 11.4 Å². The summed E-state index contributed by atoms with van der Waals surface area (Å²) < 4.78 is 11.2. The van der Waals surface area contributed by atoms with Gasteiger partial charge in [-0.3, -0.25) is 4.79 Å². The standard InChI is InChI=1S/C25H23N3O4/c1-16-12-17(2)23-21(13-16)24(25(30)26-23)28-27-22(29)15-32-20-10-8-19(9-11-20)31-14-18-6-4-3-5-7-18/h3-13,26,30H,14-15H2,1-2H3. The van der Waals surface area contributed by atoms with E-state index in [-0.39, 0.29) is 18.2 Å². The third-order valence-electron chi connectivity index (χ3n) is 4.90. The molecule has 0 aliphatic carbocycles. The molecule has 3 aromatic carbocycles. The molecule has 0 saturated heterocycles. The van der Waals surface area contributed by atoms with Crippen LogP contribution in [0.15, 0.2) is 77.0 Å². The normalized spacial score (nSPS) is 11.2. The fourth-order valence-electron chi connectivity index (χ4n) is 3.38. The van der Waals surface area contributed by atoms with Gasteiger partial charge in [-0.2, -0.15) is 0 Å². The zero-order valence-electron chi connectivity index (χ0n) is 17.8. The Hall–Kier alpha value is -4.13. The van der Waals surface area contributed by atoms with Gasteiger partial charge in [0.1, 0.15) is 18.1 Å². The van der Waals surface area contributed by atoms with Gasteiger partial charge in [0.05, 0.1) is 5.52 Å². The molecule has 4 rings (SSSR count). The lowest BCUT2D eigenvalue weighted by Crippen LogP contribution is -2.07. The predicted molar refractivity (Wildman–Crippen MR) is 122 cm³/mol. The minimum Gasteiger partial charge on any atom is -0.493 e. The van der Waals surface area contributed by atoms with Gasteiger partial charge in [0, 0.05) is 5.39 Å². The molecule has 2 N–H and O–H groups in total. The van der Waals surface area contributed by atoms with Crippen molar-refractivity contribution in [2.45, 2.75) is 20.5 Å². The van der Waals surface area contributed by atoms with E-state index in [0.29, 0.717) is 23.5 Å². The first-order chi connectivity index (χ1) is 15.5. The lowest BCUT2D eigenvalue weighted by molar-refractivity contribution is -0.120. The first-order valence-corrected chi connectivity index (χ1v) is 10.2. The van der Waals surface area contributed by atoms with Gasteiger partial charge in [0.15, 0.2) is 12.3 Å².